The van der Waals surface area contributed by atoms with Gasteiger partial charge in [0.15, 0.2) is 0 Å². The van der Waals surface area contributed by atoms with E-state index in [9.17, 15) is 18.4 Å². The standard InChI is InChI=1S/C13H14F2N2O3/c14-13(15)6-12(2-3-16-11(12)19)7-17(8-13)10(18)9-1-4-20-5-9/h1,4-5H,2-3,6-8H2,(H,16,19)/t12-/m1/s1. The van der Waals surface area contributed by atoms with E-state index < -0.39 is 30.2 Å². The van der Waals surface area contributed by atoms with E-state index in [1.165, 1.54) is 18.6 Å². The van der Waals surface area contributed by atoms with Gasteiger partial charge in [0.2, 0.25) is 5.91 Å². The van der Waals surface area contributed by atoms with Gasteiger partial charge in [-0.05, 0) is 12.5 Å². The number of rotatable bonds is 1. The Labute approximate surface area is 113 Å². The second-order valence-corrected chi connectivity index (χ2v) is 5.49. The van der Waals surface area contributed by atoms with Crippen LogP contribution in [0.25, 0.3) is 0 Å². The van der Waals surface area contributed by atoms with Crippen LogP contribution in [0.3, 0.4) is 0 Å². The Kier molecular flexibility index (Phi) is 2.81. The summed E-state index contributed by atoms with van der Waals surface area (Å²) in [6.45, 7) is -0.257. The number of likely N-dealkylation sites (tertiary alicyclic amines) is 1. The molecule has 2 amide bonds. The lowest BCUT2D eigenvalue weighted by Gasteiger charge is -2.42. The molecule has 0 aromatic carbocycles. The Bertz CT molecular complexity index is 544. The number of hydrogen-bond acceptors (Lipinski definition) is 3. The third-order valence-electron chi connectivity index (χ3n) is 3.94. The summed E-state index contributed by atoms with van der Waals surface area (Å²) in [5.74, 6) is -3.97. The molecule has 0 bridgehead atoms. The Morgan fingerprint density at radius 3 is 2.80 bits per heavy atom. The van der Waals surface area contributed by atoms with Crippen molar-refractivity contribution in [3.8, 4) is 0 Å². The summed E-state index contributed by atoms with van der Waals surface area (Å²) in [7, 11) is 0. The average molecular weight is 284 g/mol. The summed E-state index contributed by atoms with van der Waals surface area (Å²) < 4.78 is 32.7. The monoisotopic (exact) mass is 284 g/mol. The van der Waals surface area contributed by atoms with Gasteiger partial charge in [-0.1, -0.05) is 0 Å². The maximum Gasteiger partial charge on any atom is 0.266 e. The lowest BCUT2D eigenvalue weighted by Crippen LogP contribution is -2.56. The smallest absolute Gasteiger partial charge is 0.266 e. The summed E-state index contributed by atoms with van der Waals surface area (Å²) >= 11 is 0. The number of amides is 2. The second kappa shape index (κ2) is 4.29. The van der Waals surface area contributed by atoms with Crippen LogP contribution in [0.4, 0.5) is 8.78 Å². The molecule has 1 aromatic heterocycles. The number of furan rings is 1. The lowest BCUT2D eigenvalue weighted by atomic mass is 9.77. The minimum absolute atomic E-state index is 0.0262. The van der Waals surface area contributed by atoms with Crippen LogP contribution in [-0.4, -0.2) is 42.3 Å². The number of hydrogen-bond donors (Lipinski definition) is 1. The number of piperidine rings is 1. The highest BCUT2D eigenvalue weighted by molar-refractivity contribution is 5.95. The number of halogens is 2. The third-order valence-corrected chi connectivity index (χ3v) is 3.94. The highest BCUT2D eigenvalue weighted by Crippen LogP contribution is 2.43. The molecule has 108 valence electrons. The molecule has 0 unspecified atom stereocenters. The maximum absolute atomic E-state index is 13.9. The van der Waals surface area contributed by atoms with Gasteiger partial charge in [-0.15, -0.1) is 0 Å². The lowest BCUT2D eigenvalue weighted by molar-refractivity contribution is -0.144. The van der Waals surface area contributed by atoms with Gasteiger partial charge in [0.05, 0.1) is 23.8 Å². The summed E-state index contributed by atoms with van der Waals surface area (Å²) in [6, 6.07) is 1.43. The van der Waals surface area contributed by atoms with E-state index in [1.54, 1.807) is 0 Å². The fourth-order valence-electron chi connectivity index (χ4n) is 3.06. The largest absolute Gasteiger partial charge is 0.472 e. The maximum atomic E-state index is 13.9. The van der Waals surface area contributed by atoms with Crippen molar-refractivity contribution in [2.24, 2.45) is 5.41 Å². The fraction of sp³-hybridized carbons (Fsp3) is 0.538. The highest BCUT2D eigenvalue weighted by atomic mass is 19.3. The first-order valence-electron chi connectivity index (χ1n) is 6.40. The van der Waals surface area contributed by atoms with Crippen LogP contribution >= 0.6 is 0 Å². The van der Waals surface area contributed by atoms with Crippen LogP contribution in [0.5, 0.6) is 0 Å². The average Bonchev–Trinajstić information content (AvgIpc) is 2.98. The van der Waals surface area contributed by atoms with Crippen molar-refractivity contribution in [3.63, 3.8) is 0 Å². The summed E-state index contributed by atoms with van der Waals surface area (Å²) in [5.41, 5.74) is -0.947. The summed E-state index contributed by atoms with van der Waals surface area (Å²) in [5, 5.41) is 2.58. The van der Waals surface area contributed by atoms with Crippen LogP contribution in [0, 0.1) is 5.41 Å². The molecule has 1 spiro atoms. The molecule has 1 aromatic rings. The van der Waals surface area contributed by atoms with Crippen LogP contribution < -0.4 is 5.32 Å². The minimum Gasteiger partial charge on any atom is -0.472 e. The van der Waals surface area contributed by atoms with Gasteiger partial charge in [0.25, 0.3) is 11.8 Å². The number of nitrogens with one attached hydrogen (secondary N) is 1. The van der Waals surface area contributed by atoms with Gasteiger partial charge in [-0.25, -0.2) is 8.78 Å². The fourth-order valence-corrected chi connectivity index (χ4v) is 3.06. The van der Waals surface area contributed by atoms with Crippen LogP contribution in [-0.2, 0) is 4.79 Å². The number of carbonyl (C=O) groups is 2. The van der Waals surface area contributed by atoms with Gasteiger partial charge < -0.3 is 14.6 Å². The molecule has 0 aliphatic carbocycles. The molecule has 3 heterocycles. The van der Waals surface area contributed by atoms with E-state index in [1.807, 2.05) is 0 Å². The zero-order valence-corrected chi connectivity index (χ0v) is 10.7. The summed E-state index contributed by atoms with van der Waals surface area (Å²) in [4.78, 5) is 25.1. The van der Waals surface area contributed by atoms with Crippen molar-refractivity contribution < 1.29 is 22.8 Å². The molecule has 5 nitrogen and oxygen atoms in total. The molecular formula is C13H14F2N2O3. The van der Waals surface area contributed by atoms with Crippen LogP contribution in [0.15, 0.2) is 23.0 Å². The molecule has 1 N–H and O–H groups in total. The van der Waals surface area contributed by atoms with Crippen molar-refractivity contribution in [1.29, 1.82) is 0 Å². The van der Waals surface area contributed by atoms with Gasteiger partial charge >= 0.3 is 0 Å². The molecule has 2 aliphatic rings. The normalized spacial score (nSPS) is 28.7. The second-order valence-electron chi connectivity index (χ2n) is 5.49. The number of carbonyl (C=O) groups excluding carboxylic acids is 2. The molecule has 1 atom stereocenters. The molecule has 0 saturated carbocycles. The van der Waals surface area contributed by atoms with Crippen molar-refractivity contribution in [2.45, 2.75) is 18.8 Å². The zero-order chi connectivity index (χ0) is 14.4. The van der Waals surface area contributed by atoms with Crippen molar-refractivity contribution in [1.82, 2.24) is 10.2 Å². The first kappa shape index (κ1) is 13.1. The first-order valence-corrected chi connectivity index (χ1v) is 6.40. The van der Waals surface area contributed by atoms with E-state index in [0.717, 1.165) is 4.90 Å². The van der Waals surface area contributed by atoms with Gasteiger partial charge in [0.1, 0.15) is 6.26 Å². The van der Waals surface area contributed by atoms with Gasteiger partial charge in [-0.3, -0.25) is 9.59 Å². The highest BCUT2D eigenvalue weighted by Gasteiger charge is 2.55. The van der Waals surface area contributed by atoms with E-state index >= 15 is 0 Å². The van der Waals surface area contributed by atoms with Crippen LogP contribution in [0.1, 0.15) is 23.2 Å². The first-order chi connectivity index (χ1) is 9.42. The van der Waals surface area contributed by atoms with Gasteiger partial charge in [0, 0.05) is 19.5 Å². The molecule has 7 heteroatoms. The van der Waals surface area contributed by atoms with Crippen LogP contribution in [0.2, 0.25) is 0 Å². The summed E-state index contributed by atoms with van der Waals surface area (Å²) in [6.07, 6.45) is 2.36. The number of alkyl halides is 2. The van der Waals surface area contributed by atoms with Crippen molar-refractivity contribution in [3.05, 3.63) is 24.2 Å². The van der Waals surface area contributed by atoms with E-state index in [0.29, 0.717) is 13.0 Å². The van der Waals surface area contributed by atoms with E-state index in [-0.39, 0.29) is 18.0 Å². The topological polar surface area (TPSA) is 62.6 Å². The van der Waals surface area contributed by atoms with Crippen molar-refractivity contribution in [2.75, 3.05) is 19.6 Å². The Morgan fingerprint density at radius 1 is 1.40 bits per heavy atom. The van der Waals surface area contributed by atoms with Crippen molar-refractivity contribution >= 4 is 11.8 Å². The third kappa shape index (κ3) is 2.07. The molecule has 0 radical (unpaired) electrons. The molecule has 2 saturated heterocycles. The minimum atomic E-state index is -3.06. The molecular weight excluding hydrogens is 270 g/mol. The molecule has 20 heavy (non-hydrogen) atoms. The Hall–Kier alpha value is -1.92. The van der Waals surface area contributed by atoms with E-state index in [2.05, 4.69) is 5.32 Å². The zero-order valence-electron chi connectivity index (χ0n) is 10.7. The molecule has 2 fully saturated rings. The molecule has 2 aliphatic heterocycles. The number of nitrogens with zero attached hydrogens (tertiary/aromatic N) is 1. The Balaban J connectivity index is 1.89. The predicted octanol–water partition coefficient (Wildman–Crippen LogP) is 1.27. The molecule has 3 rings (SSSR count). The SMILES string of the molecule is O=C(c1ccoc1)N1CC(F)(F)C[C@]2(CCNC2=O)C1. The van der Waals surface area contributed by atoms with Gasteiger partial charge in [-0.2, -0.15) is 0 Å². The predicted molar refractivity (Wildman–Crippen MR) is 64.2 cm³/mol. The quantitative estimate of drug-likeness (QED) is 0.844. The van der Waals surface area contributed by atoms with E-state index in [4.69, 9.17) is 4.42 Å². The Morgan fingerprint density at radius 2 is 2.20 bits per heavy atom.